The predicted octanol–water partition coefficient (Wildman–Crippen LogP) is 3.06. The van der Waals surface area contributed by atoms with Gasteiger partial charge in [-0.05, 0) is 50.4 Å². The molecule has 6 nitrogen and oxygen atoms in total. The van der Waals surface area contributed by atoms with E-state index in [0.717, 1.165) is 54.4 Å². The Morgan fingerprint density at radius 3 is 2.48 bits per heavy atom. The van der Waals surface area contributed by atoms with E-state index in [1.807, 2.05) is 9.13 Å². The number of fused-ring (bicyclic) bond motifs is 3. The Morgan fingerprint density at radius 2 is 1.88 bits per heavy atom. The lowest BCUT2D eigenvalue weighted by atomic mass is 9.97. The molecule has 0 aromatic carbocycles. The third-order valence-electron chi connectivity index (χ3n) is 6.11. The van der Waals surface area contributed by atoms with Crippen LogP contribution in [0.15, 0.2) is 4.79 Å². The molecule has 1 unspecified atom stereocenters. The molecule has 5 rings (SSSR count). The first-order chi connectivity index (χ1) is 12.2. The van der Waals surface area contributed by atoms with E-state index < -0.39 is 0 Å². The summed E-state index contributed by atoms with van der Waals surface area (Å²) in [6.45, 7) is 5.71. The molecule has 2 aliphatic carbocycles. The van der Waals surface area contributed by atoms with E-state index in [4.69, 9.17) is 9.97 Å². The van der Waals surface area contributed by atoms with E-state index in [9.17, 15) is 4.79 Å². The summed E-state index contributed by atoms with van der Waals surface area (Å²) < 4.78 is 3.74. The average molecular weight is 341 g/mol. The second kappa shape index (κ2) is 5.58. The van der Waals surface area contributed by atoms with Crippen molar-refractivity contribution in [3.8, 4) is 11.5 Å². The van der Waals surface area contributed by atoms with Gasteiger partial charge in [0.25, 0.3) is 0 Å². The van der Waals surface area contributed by atoms with Gasteiger partial charge in [-0.3, -0.25) is 9.13 Å². The maximum Gasteiger partial charge on any atom is 0.331 e. The Hall–Kier alpha value is -1.85. The summed E-state index contributed by atoms with van der Waals surface area (Å²) in [5.41, 5.74) is 0.971. The first-order valence-electron chi connectivity index (χ1n) is 9.98. The van der Waals surface area contributed by atoms with Crippen molar-refractivity contribution >= 4 is 5.82 Å². The smallest absolute Gasteiger partial charge is 0.331 e. The molecule has 0 bridgehead atoms. The summed E-state index contributed by atoms with van der Waals surface area (Å²) in [7, 11) is 0. The van der Waals surface area contributed by atoms with Gasteiger partial charge in [-0.25, -0.2) is 14.8 Å². The van der Waals surface area contributed by atoms with Crippen LogP contribution in [0.2, 0.25) is 0 Å². The largest absolute Gasteiger partial charge is 0.365 e. The molecule has 0 radical (unpaired) electrons. The van der Waals surface area contributed by atoms with Crippen LogP contribution in [-0.2, 0) is 13.1 Å². The van der Waals surface area contributed by atoms with Crippen molar-refractivity contribution in [3.63, 3.8) is 0 Å². The van der Waals surface area contributed by atoms with E-state index in [-0.39, 0.29) is 5.69 Å². The fraction of sp³-hybridized carbons (Fsp3) is 0.737. The molecule has 0 aromatic heterocycles. The molecule has 0 amide bonds. The summed E-state index contributed by atoms with van der Waals surface area (Å²) in [4.78, 5) is 23.0. The van der Waals surface area contributed by atoms with Gasteiger partial charge in [-0.2, -0.15) is 0 Å². The number of aromatic nitrogens is 4. The van der Waals surface area contributed by atoms with Gasteiger partial charge in [0, 0.05) is 25.0 Å². The summed E-state index contributed by atoms with van der Waals surface area (Å²) in [5, 5.41) is 3.53. The molecule has 1 atom stereocenters. The second-order valence-corrected chi connectivity index (χ2v) is 8.10. The van der Waals surface area contributed by atoms with Crippen LogP contribution in [0.3, 0.4) is 0 Å². The van der Waals surface area contributed by atoms with Crippen LogP contribution in [0.25, 0.3) is 11.5 Å². The highest BCUT2D eigenvalue weighted by molar-refractivity contribution is 5.70. The van der Waals surface area contributed by atoms with E-state index in [1.165, 1.54) is 25.7 Å². The first-order valence-corrected chi connectivity index (χ1v) is 9.98. The summed E-state index contributed by atoms with van der Waals surface area (Å²) in [5.74, 6) is 4.74. The van der Waals surface area contributed by atoms with Crippen molar-refractivity contribution in [1.82, 2.24) is 19.1 Å². The number of hydrogen-bond donors (Lipinski definition) is 1. The Labute approximate surface area is 148 Å². The highest BCUT2D eigenvalue weighted by Gasteiger charge is 2.45. The van der Waals surface area contributed by atoms with Crippen molar-refractivity contribution in [1.29, 1.82) is 0 Å². The highest BCUT2D eigenvalue weighted by Crippen LogP contribution is 2.54. The van der Waals surface area contributed by atoms with E-state index in [1.54, 1.807) is 0 Å². The van der Waals surface area contributed by atoms with Crippen molar-refractivity contribution in [2.75, 3.05) is 5.32 Å². The number of nitrogens with zero attached hydrogens (tertiary/aromatic N) is 4. The van der Waals surface area contributed by atoms with Crippen molar-refractivity contribution in [2.45, 2.75) is 77.4 Å². The summed E-state index contributed by atoms with van der Waals surface area (Å²) >= 11 is 0. The molecular formula is C19H27N5O. The molecule has 3 heterocycles. The molecule has 6 heteroatoms. The van der Waals surface area contributed by atoms with E-state index in [2.05, 4.69) is 19.2 Å². The monoisotopic (exact) mass is 341 g/mol. The van der Waals surface area contributed by atoms with Crippen LogP contribution >= 0.6 is 0 Å². The van der Waals surface area contributed by atoms with E-state index >= 15 is 0 Å². The van der Waals surface area contributed by atoms with Crippen LogP contribution in [0.5, 0.6) is 0 Å². The van der Waals surface area contributed by atoms with Crippen molar-refractivity contribution < 1.29 is 0 Å². The molecule has 3 aliphatic heterocycles. The minimum atomic E-state index is 0.0636. The Balaban J connectivity index is 1.67. The normalized spacial score (nSPS) is 22.6. The number of hydrogen-bond acceptors (Lipinski definition) is 4. The Morgan fingerprint density at radius 1 is 1.16 bits per heavy atom. The standard InChI is InChI=1S/C19H27N5O/c1-3-9-23-18-15(17-20-13(4-2)10-24(17)19(23)25)21-16(22-18)14(11-5-6-11)12-7-8-12/h11-14,20H,3-10H2,1-2H3. The molecule has 0 saturated heterocycles. The topological polar surface area (TPSA) is 64.7 Å². The van der Waals surface area contributed by atoms with Crippen LogP contribution in [0, 0.1) is 11.8 Å². The summed E-state index contributed by atoms with van der Waals surface area (Å²) in [6, 6.07) is 0.316. The Bertz CT molecular complexity index is 817. The van der Waals surface area contributed by atoms with Gasteiger partial charge in [-0.1, -0.05) is 13.8 Å². The lowest BCUT2D eigenvalue weighted by molar-refractivity contribution is 0.512. The maximum absolute atomic E-state index is 13.0. The molecule has 2 fully saturated rings. The fourth-order valence-electron chi connectivity index (χ4n) is 4.46. The van der Waals surface area contributed by atoms with Crippen molar-refractivity contribution in [3.05, 3.63) is 16.3 Å². The van der Waals surface area contributed by atoms with Gasteiger partial charge in [-0.15, -0.1) is 0 Å². The molecule has 1 N–H and O–H groups in total. The maximum atomic E-state index is 13.0. The first kappa shape index (κ1) is 15.4. The average Bonchev–Trinajstić information content (AvgIpc) is 3.52. The van der Waals surface area contributed by atoms with Crippen LogP contribution < -0.4 is 11.0 Å². The molecule has 5 aliphatic rings. The zero-order valence-electron chi connectivity index (χ0n) is 15.2. The fourth-order valence-corrected chi connectivity index (χ4v) is 4.46. The molecule has 134 valence electrons. The third-order valence-corrected chi connectivity index (χ3v) is 6.11. The lowest BCUT2D eigenvalue weighted by Crippen LogP contribution is -2.32. The zero-order valence-corrected chi connectivity index (χ0v) is 15.2. The summed E-state index contributed by atoms with van der Waals surface area (Å²) in [6.07, 6.45) is 7.20. The van der Waals surface area contributed by atoms with E-state index in [0.29, 0.717) is 18.5 Å². The number of anilines is 1. The molecule has 25 heavy (non-hydrogen) atoms. The lowest BCUT2D eigenvalue weighted by Gasteiger charge is -2.13. The third kappa shape index (κ3) is 2.41. The SMILES string of the molecule is CCCn1c2nc(C(C3CC3)C3CC3)nc-2c2n(c1=O)CC(CC)N2. The molecule has 0 aromatic rings. The van der Waals surface area contributed by atoms with Crippen LogP contribution in [0.4, 0.5) is 5.82 Å². The Kier molecular flexibility index (Phi) is 3.44. The number of nitrogens with one attached hydrogen (secondary N) is 1. The quantitative estimate of drug-likeness (QED) is 0.877. The predicted molar refractivity (Wildman–Crippen MR) is 97.1 cm³/mol. The van der Waals surface area contributed by atoms with Gasteiger partial charge < -0.3 is 5.32 Å². The molecule has 0 spiro atoms. The van der Waals surface area contributed by atoms with Gasteiger partial charge in [0.05, 0.1) is 0 Å². The van der Waals surface area contributed by atoms with Crippen LogP contribution in [0.1, 0.15) is 64.1 Å². The molecule has 2 saturated carbocycles. The van der Waals surface area contributed by atoms with Crippen molar-refractivity contribution in [2.24, 2.45) is 11.8 Å². The van der Waals surface area contributed by atoms with Crippen LogP contribution in [-0.4, -0.2) is 25.1 Å². The van der Waals surface area contributed by atoms with Gasteiger partial charge in [0.1, 0.15) is 17.3 Å². The zero-order chi connectivity index (χ0) is 17.1. The van der Waals surface area contributed by atoms with Gasteiger partial charge in [0.15, 0.2) is 5.82 Å². The number of imidazole rings is 1. The minimum absolute atomic E-state index is 0.0636. The van der Waals surface area contributed by atoms with Gasteiger partial charge >= 0.3 is 5.69 Å². The van der Waals surface area contributed by atoms with Gasteiger partial charge in [0.2, 0.25) is 0 Å². The number of rotatable bonds is 6. The second-order valence-electron chi connectivity index (χ2n) is 8.10. The molecular weight excluding hydrogens is 314 g/mol. The highest BCUT2D eigenvalue weighted by atomic mass is 16.1. The minimum Gasteiger partial charge on any atom is -0.365 e.